The van der Waals surface area contributed by atoms with Crippen LogP contribution in [0.4, 0.5) is 5.13 Å². The molecule has 11 heteroatoms. The number of thiophene rings is 1. The number of anilines is 1. The highest BCUT2D eigenvalue weighted by atomic mass is 32.2. The number of amides is 1. The van der Waals surface area contributed by atoms with Gasteiger partial charge in [-0.05, 0) is 36.6 Å². The summed E-state index contributed by atoms with van der Waals surface area (Å²) in [5.41, 5.74) is 0.00917. The molecule has 0 atom stereocenters. The van der Waals surface area contributed by atoms with Crippen molar-refractivity contribution in [1.82, 2.24) is 19.7 Å². The molecule has 4 rings (SSSR count). The molecular formula is C18H15N5O3S3. The molecule has 148 valence electrons. The number of thioether (sulfide) groups is 1. The van der Waals surface area contributed by atoms with E-state index in [1.165, 1.54) is 20.8 Å². The van der Waals surface area contributed by atoms with E-state index >= 15 is 0 Å². The van der Waals surface area contributed by atoms with Crippen LogP contribution in [0.15, 0.2) is 49.6 Å². The summed E-state index contributed by atoms with van der Waals surface area (Å²) in [6.07, 6.45) is 0. The normalized spacial score (nSPS) is 11.1. The van der Waals surface area contributed by atoms with Crippen LogP contribution in [0.1, 0.15) is 22.2 Å². The van der Waals surface area contributed by atoms with E-state index in [9.17, 15) is 14.4 Å². The Bertz CT molecular complexity index is 1290. The van der Waals surface area contributed by atoms with Gasteiger partial charge in [0.1, 0.15) is 0 Å². The lowest BCUT2D eigenvalue weighted by Gasteiger charge is -2.08. The number of fused-ring (bicyclic) bond motifs is 1. The molecule has 0 aliphatic heterocycles. The van der Waals surface area contributed by atoms with Crippen molar-refractivity contribution in [3.05, 3.63) is 66.9 Å². The summed E-state index contributed by atoms with van der Waals surface area (Å²) < 4.78 is 2.14. The summed E-state index contributed by atoms with van der Waals surface area (Å²) in [6.45, 7) is 2.14. The van der Waals surface area contributed by atoms with Crippen molar-refractivity contribution in [1.29, 1.82) is 0 Å². The summed E-state index contributed by atoms with van der Waals surface area (Å²) in [5, 5.41) is 13.3. The number of benzene rings is 1. The van der Waals surface area contributed by atoms with E-state index in [1.807, 2.05) is 11.4 Å². The Labute approximate surface area is 176 Å². The summed E-state index contributed by atoms with van der Waals surface area (Å²) >= 11 is 4.55. The van der Waals surface area contributed by atoms with Crippen molar-refractivity contribution in [3.63, 3.8) is 0 Å². The molecule has 0 unspecified atom stereocenters. The number of hydrogen-bond donors (Lipinski definition) is 2. The average molecular weight is 446 g/mol. The van der Waals surface area contributed by atoms with Crippen molar-refractivity contribution in [2.24, 2.45) is 0 Å². The van der Waals surface area contributed by atoms with Gasteiger partial charge in [0.2, 0.25) is 5.13 Å². The average Bonchev–Trinajstić information content (AvgIpc) is 3.39. The molecule has 0 radical (unpaired) electrons. The molecule has 1 amide bonds. The zero-order valence-corrected chi connectivity index (χ0v) is 17.6. The number of nitrogens with zero attached hydrogens (tertiary/aromatic N) is 3. The van der Waals surface area contributed by atoms with Crippen molar-refractivity contribution in [2.45, 2.75) is 23.6 Å². The second kappa shape index (κ2) is 8.31. The molecule has 3 aromatic heterocycles. The SMILES string of the molecule is CCn1c(=O)c(=O)[nH]c2cc(C(=O)Nc3nnc(SCc4cccs4)s3)ccc21. The van der Waals surface area contributed by atoms with Crippen LogP contribution in [0.3, 0.4) is 0 Å². The van der Waals surface area contributed by atoms with Crippen LogP contribution >= 0.6 is 34.4 Å². The Hall–Kier alpha value is -2.76. The third kappa shape index (κ3) is 4.16. The minimum Gasteiger partial charge on any atom is -0.316 e. The molecule has 4 aromatic rings. The number of aromatic amines is 1. The second-order valence-corrected chi connectivity index (χ2v) is 9.16. The molecule has 0 aliphatic rings. The first kappa shape index (κ1) is 19.6. The van der Waals surface area contributed by atoms with E-state index in [0.29, 0.717) is 28.3 Å². The van der Waals surface area contributed by atoms with Gasteiger partial charge in [-0.1, -0.05) is 29.2 Å². The van der Waals surface area contributed by atoms with Gasteiger partial charge in [0.15, 0.2) is 4.34 Å². The summed E-state index contributed by atoms with van der Waals surface area (Å²) in [6, 6.07) is 8.86. The fraction of sp³-hybridized carbons (Fsp3) is 0.167. The van der Waals surface area contributed by atoms with Crippen LogP contribution in [0.25, 0.3) is 11.0 Å². The van der Waals surface area contributed by atoms with Gasteiger partial charge in [0.05, 0.1) is 11.0 Å². The van der Waals surface area contributed by atoms with E-state index in [0.717, 1.165) is 10.1 Å². The molecule has 3 heterocycles. The van der Waals surface area contributed by atoms with Gasteiger partial charge < -0.3 is 9.55 Å². The third-order valence-electron chi connectivity index (χ3n) is 4.10. The van der Waals surface area contributed by atoms with E-state index in [4.69, 9.17) is 0 Å². The van der Waals surface area contributed by atoms with Crippen molar-refractivity contribution >= 4 is 56.5 Å². The Morgan fingerprint density at radius 1 is 1.28 bits per heavy atom. The molecule has 0 saturated carbocycles. The Morgan fingerprint density at radius 2 is 2.14 bits per heavy atom. The van der Waals surface area contributed by atoms with Gasteiger partial charge in [-0.15, -0.1) is 21.5 Å². The van der Waals surface area contributed by atoms with Crippen molar-refractivity contribution in [2.75, 3.05) is 5.32 Å². The number of H-pyrrole nitrogens is 1. The number of hydrogen-bond acceptors (Lipinski definition) is 8. The molecular weight excluding hydrogens is 430 g/mol. The topological polar surface area (TPSA) is 110 Å². The van der Waals surface area contributed by atoms with E-state index < -0.39 is 11.1 Å². The van der Waals surface area contributed by atoms with Gasteiger partial charge in [-0.2, -0.15) is 0 Å². The standard InChI is InChI=1S/C18H15N5O3S3/c1-2-23-13-6-5-10(8-12(13)19-15(25)16(23)26)14(24)20-17-21-22-18(29-17)28-9-11-4-3-7-27-11/h3-8H,2,9H2,1H3,(H,19,25)(H,20,21,24). The van der Waals surface area contributed by atoms with Crippen LogP contribution in [0, 0.1) is 0 Å². The maximum atomic E-state index is 12.6. The molecule has 8 nitrogen and oxygen atoms in total. The molecule has 29 heavy (non-hydrogen) atoms. The highest BCUT2D eigenvalue weighted by Gasteiger charge is 2.13. The zero-order chi connectivity index (χ0) is 20.4. The molecule has 0 saturated heterocycles. The molecule has 2 N–H and O–H groups in total. The Kier molecular flexibility index (Phi) is 5.60. The van der Waals surface area contributed by atoms with Crippen LogP contribution in [-0.2, 0) is 12.3 Å². The number of aryl methyl sites for hydroxylation is 1. The van der Waals surface area contributed by atoms with Gasteiger partial charge in [-0.25, -0.2) is 0 Å². The van der Waals surface area contributed by atoms with E-state index in [1.54, 1.807) is 48.2 Å². The van der Waals surface area contributed by atoms with Crippen molar-refractivity contribution < 1.29 is 4.79 Å². The Balaban J connectivity index is 1.51. The van der Waals surface area contributed by atoms with Crippen LogP contribution in [-0.4, -0.2) is 25.7 Å². The highest BCUT2D eigenvalue weighted by molar-refractivity contribution is 8.00. The third-order valence-corrected chi connectivity index (χ3v) is 7.18. The summed E-state index contributed by atoms with van der Waals surface area (Å²) in [7, 11) is 0. The number of carbonyl (C=O) groups is 1. The minimum absolute atomic E-state index is 0.345. The predicted octanol–water partition coefficient (Wildman–Crippen LogP) is 3.17. The van der Waals surface area contributed by atoms with Crippen LogP contribution in [0.5, 0.6) is 0 Å². The first-order valence-corrected chi connectivity index (χ1v) is 11.3. The molecule has 0 spiro atoms. The fourth-order valence-electron chi connectivity index (χ4n) is 2.75. The lowest BCUT2D eigenvalue weighted by Crippen LogP contribution is -2.36. The largest absolute Gasteiger partial charge is 0.316 e. The molecule has 0 fully saturated rings. The number of nitrogens with one attached hydrogen (secondary N) is 2. The fourth-order valence-corrected chi connectivity index (χ4v) is 5.27. The summed E-state index contributed by atoms with van der Waals surface area (Å²) in [5.74, 6) is 0.435. The van der Waals surface area contributed by atoms with Gasteiger partial charge in [-0.3, -0.25) is 19.7 Å². The second-order valence-electron chi connectivity index (χ2n) is 5.93. The highest BCUT2D eigenvalue weighted by Crippen LogP contribution is 2.29. The predicted molar refractivity (Wildman–Crippen MR) is 116 cm³/mol. The van der Waals surface area contributed by atoms with Crippen LogP contribution in [0.2, 0.25) is 0 Å². The monoisotopic (exact) mass is 445 g/mol. The maximum Gasteiger partial charge on any atom is 0.316 e. The van der Waals surface area contributed by atoms with Gasteiger partial charge in [0.25, 0.3) is 5.91 Å². The first-order valence-electron chi connectivity index (χ1n) is 8.62. The number of carbonyl (C=O) groups excluding carboxylic acids is 1. The minimum atomic E-state index is -0.714. The number of aromatic nitrogens is 4. The number of rotatable bonds is 6. The quantitative estimate of drug-likeness (QED) is 0.268. The Morgan fingerprint density at radius 3 is 2.90 bits per heavy atom. The van der Waals surface area contributed by atoms with Gasteiger partial charge in [0, 0.05) is 22.7 Å². The molecule has 0 aliphatic carbocycles. The van der Waals surface area contributed by atoms with E-state index in [-0.39, 0.29) is 5.91 Å². The lowest BCUT2D eigenvalue weighted by atomic mass is 10.2. The van der Waals surface area contributed by atoms with Gasteiger partial charge >= 0.3 is 11.1 Å². The smallest absolute Gasteiger partial charge is 0.316 e. The van der Waals surface area contributed by atoms with Crippen LogP contribution < -0.4 is 16.4 Å². The van der Waals surface area contributed by atoms with E-state index in [2.05, 4.69) is 26.6 Å². The lowest BCUT2D eigenvalue weighted by molar-refractivity contribution is 0.102. The summed E-state index contributed by atoms with van der Waals surface area (Å²) in [4.78, 5) is 40.1. The molecule has 1 aromatic carbocycles. The molecule has 0 bridgehead atoms. The first-order chi connectivity index (χ1) is 14.0. The van der Waals surface area contributed by atoms with Crippen molar-refractivity contribution in [3.8, 4) is 0 Å². The zero-order valence-electron chi connectivity index (χ0n) is 15.2. The maximum absolute atomic E-state index is 12.6.